The summed E-state index contributed by atoms with van der Waals surface area (Å²) in [5, 5.41) is 6.05. The SMILES string of the molecule is CC(C)Cn1[nH]c(=O)c2c1CNC2. The number of nitrogens with zero attached hydrogens (tertiary/aromatic N) is 1. The molecule has 0 amide bonds. The van der Waals surface area contributed by atoms with Crippen LogP contribution in [0.15, 0.2) is 4.79 Å². The zero-order valence-electron chi connectivity index (χ0n) is 8.05. The van der Waals surface area contributed by atoms with Gasteiger partial charge in [0.15, 0.2) is 0 Å². The molecule has 0 atom stereocenters. The molecule has 0 saturated heterocycles. The number of fused-ring (bicyclic) bond motifs is 1. The minimum absolute atomic E-state index is 0.0700. The lowest BCUT2D eigenvalue weighted by molar-refractivity contribution is 0.464. The van der Waals surface area contributed by atoms with Crippen LogP contribution in [0.4, 0.5) is 0 Å². The minimum Gasteiger partial charge on any atom is -0.307 e. The Kier molecular flexibility index (Phi) is 2.00. The fraction of sp³-hybridized carbons (Fsp3) is 0.667. The molecule has 0 unspecified atom stereocenters. The smallest absolute Gasteiger partial charge is 0.268 e. The number of hydrogen-bond acceptors (Lipinski definition) is 2. The quantitative estimate of drug-likeness (QED) is 0.695. The second-order valence-corrected chi connectivity index (χ2v) is 3.97. The maximum Gasteiger partial charge on any atom is 0.268 e. The molecule has 13 heavy (non-hydrogen) atoms. The largest absolute Gasteiger partial charge is 0.307 e. The van der Waals surface area contributed by atoms with E-state index in [2.05, 4.69) is 24.3 Å². The normalized spacial score (nSPS) is 15.3. The van der Waals surface area contributed by atoms with Crippen molar-refractivity contribution in [1.29, 1.82) is 0 Å². The third-order valence-corrected chi connectivity index (χ3v) is 2.33. The van der Waals surface area contributed by atoms with Crippen molar-refractivity contribution in [3.63, 3.8) is 0 Å². The van der Waals surface area contributed by atoms with Crippen molar-refractivity contribution >= 4 is 0 Å². The first kappa shape index (κ1) is 8.56. The Morgan fingerprint density at radius 3 is 2.92 bits per heavy atom. The topological polar surface area (TPSA) is 49.8 Å². The van der Waals surface area contributed by atoms with Gasteiger partial charge in [0.1, 0.15) is 0 Å². The number of rotatable bonds is 2. The summed E-state index contributed by atoms with van der Waals surface area (Å²) in [4.78, 5) is 11.4. The molecule has 0 aromatic carbocycles. The van der Waals surface area contributed by atoms with E-state index in [0.717, 1.165) is 30.9 Å². The van der Waals surface area contributed by atoms with Crippen molar-refractivity contribution in [2.45, 2.75) is 33.5 Å². The van der Waals surface area contributed by atoms with Gasteiger partial charge in [-0.25, -0.2) is 0 Å². The third-order valence-electron chi connectivity index (χ3n) is 2.33. The van der Waals surface area contributed by atoms with Crippen molar-refractivity contribution in [2.24, 2.45) is 5.92 Å². The molecule has 0 aliphatic carbocycles. The number of aromatic amines is 1. The molecule has 4 nitrogen and oxygen atoms in total. The highest BCUT2D eigenvalue weighted by molar-refractivity contribution is 5.21. The highest BCUT2D eigenvalue weighted by Crippen LogP contribution is 2.11. The van der Waals surface area contributed by atoms with Gasteiger partial charge >= 0.3 is 0 Å². The van der Waals surface area contributed by atoms with Gasteiger partial charge in [0.05, 0.1) is 11.3 Å². The standard InChI is InChI=1S/C9H15N3O/c1-6(2)5-12-8-4-10-3-7(8)9(13)11-12/h6,10H,3-5H2,1-2H3,(H,11,13). The third kappa shape index (κ3) is 1.42. The van der Waals surface area contributed by atoms with Crippen LogP contribution in [0.5, 0.6) is 0 Å². The number of hydrogen-bond donors (Lipinski definition) is 2. The van der Waals surface area contributed by atoms with Crippen LogP contribution in [0.25, 0.3) is 0 Å². The molecule has 2 rings (SSSR count). The molecule has 0 fully saturated rings. The molecule has 0 bridgehead atoms. The number of H-pyrrole nitrogens is 1. The van der Waals surface area contributed by atoms with Gasteiger partial charge in [-0.15, -0.1) is 0 Å². The van der Waals surface area contributed by atoms with Crippen LogP contribution < -0.4 is 10.9 Å². The van der Waals surface area contributed by atoms with Crippen molar-refractivity contribution in [3.05, 3.63) is 21.6 Å². The second kappa shape index (κ2) is 3.03. The zero-order chi connectivity index (χ0) is 9.42. The van der Waals surface area contributed by atoms with Crippen LogP contribution >= 0.6 is 0 Å². The fourth-order valence-electron chi connectivity index (χ4n) is 1.76. The van der Waals surface area contributed by atoms with Gasteiger partial charge in [0.2, 0.25) is 0 Å². The first-order valence-corrected chi connectivity index (χ1v) is 4.69. The molecule has 0 radical (unpaired) electrons. The highest BCUT2D eigenvalue weighted by Gasteiger charge is 2.19. The summed E-state index contributed by atoms with van der Waals surface area (Å²) in [7, 11) is 0. The average Bonchev–Trinajstić information content (AvgIpc) is 2.56. The first-order chi connectivity index (χ1) is 6.18. The lowest BCUT2D eigenvalue weighted by Gasteiger charge is -2.08. The average molecular weight is 181 g/mol. The van der Waals surface area contributed by atoms with Crippen molar-refractivity contribution < 1.29 is 0 Å². The Bertz CT molecular complexity index is 361. The van der Waals surface area contributed by atoms with E-state index in [1.54, 1.807) is 0 Å². The molecule has 1 aromatic heterocycles. The van der Waals surface area contributed by atoms with Gasteiger partial charge in [-0.3, -0.25) is 14.6 Å². The van der Waals surface area contributed by atoms with Crippen LogP contribution in [0.2, 0.25) is 0 Å². The predicted molar refractivity (Wildman–Crippen MR) is 50.4 cm³/mol. The molecule has 1 aliphatic heterocycles. The Hall–Kier alpha value is -1.03. The molecule has 1 aromatic rings. The summed E-state index contributed by atoms with van der Waals surface area (Å²) >= 11 is 0. The molecule has 0 saturated carbocycles. The molecule has 1 aliphatic rings. The Balaban J connectivity index is 2.37. The van der Waals surface area contributed by atoms with Gasteiger partial charge < -0.3 is 5.32 Å². The molecular weight excluding hydrogens is 166 g/mol. The summed E-state index contributed by atoms with van der Waals surface area (Å²) in [6, 6.07) is 0. The second-order valence-electron chi connectivity index (χ2n) is 3.97. The van der Waals surface area contributed by atoms with E-state index in [1.165, 1.54) is 0 Å². The zero-order valence-corrected chi connectivity index (χ0v) is 8.05. The van der Waals surface area contributed by atoms with E-state index in [1.807, 2.05) is 4.68 Å². The van der Waals surface area contributed by atoms with Crippen LogP contribution in [0.1, 0.15) is 25.1 Å². The van der Waals surface area contributed by atoms with Crippen LogP contribution in [-0.2, 0) is 19.6 Å². The predicted octanol–water partition coefficient (Wildman–Crippen LogP) is 0.436. The van der Waals surface area contributed by atoms with E-state index in [0.29, 0.717) is 5.92 Å². The molecule has 4 heteroatoms. The molecule has 72 valence electrons. The van der Waals surface area contributed by atoms with Gasteiger partial charge in [-0.1, -0.05) is 13.8 Å². The monoisotopic (exact) mass is 181 g/mol. The first-order valence-electron chi connectivity index (χ1n) is 4.69. The summed E-state index contributed by atoms with van der Waals surface area (Å²) < 4.78 is 1.97. The van der Waals surface area contributed by atoms with E-state index < -0.39 is 0 Å². The van der Waals surface area contributed by atoms with Crippen LogP contribution in [0, 0.1) is 5.92 Å². The van der Waals surface area contributed by atoms with Crippen LogP contribution in [0.3, 0.4) is 0 Å². The summed E-state index contributed by atoms with van der Waals surface area (Å²) in [5.41, 5.74) is 2.13. The van der Waals surface area contributed by atoms with Crippen molar-refractivity contribution in [1.82, 2.24) is 15.1 Å². The lowest BCUT2D eigenvalue weighted by Crippen LogP contribution is -2.16. The van der Waals surface area contributed by atoms with Crippen molar-refractivity contribution in [2.75, 3.05) is 0 Å². The Morgan fingerprint density at radius 1 is 1.46 bits per heavy atom. The maximum absolute atomic E-state index is 11.4. The minimum atomic E-state index is 0.0700. The van der Waals surface area contributed by atoms with Gasteiger partial charge in [0.25, 0.3) is 5.56 Å². The molecule has 2 heterocycles. The number of aromatic nitrogens is 2. The summed E-state index contributed by atoms with van der Waals surface area (Å²) in [6.07, 6.45) is 0. The van der Waals surface area contributed by atoms with Crippen molar-refractivity contribution in [3.8, 4) is 0 Å². The summed E-state index contributed by atoms with van der Waals surface area (Å²) in [5.74, 6) is 0.563. The molecule has 2 N–H and O–H groups in total. The Labute approximate surface area is 76.9 Å². The van der Waals surface area contributed by atoms with E-state index in [9.17, 15) is 4.79 Å². The van der Waals surface area contributed by atoms with E-state index in [4.69, 9.17) is 0 Å². The maximum atomic E-state index is 11.4. The fourth-order valence-corrected chi connectivity index (χ4v) is 1.76. The molecular formula is C9H15N3O. The van der Waals surface area contributed by atoms with Gasteiger partial charge in [0, 0.05) is 19.6 Å². The Morgan fingerprint density at radius 2 is 2.23 bits per heavy atom. The highest BCUT2D eigenvalue weighted by atomic mass is 16.1. The van der Waals surface area contributed by atoms with Crippen LogP contribution in [-0.4, -0.2) is 9.78 Å². The van der Waals surface area contributed by atoms with Gasteiger partial charge in [-0.2, -0.15) is 0 Å². The van der Waals surface area contributed by atoms with Gasteiger partial charge in [-0.05, 0) is 5.92 Å². The number of nitrogens with one attached hydrogen (secondary N) is 2. The molecule has 0 spiro atoms. The lowest BCUT2D eigenvalue weighted by atomic mass is 10.2. The van der Waals surface area contributed by atoms with E-state index >= 15 is 0 Å². The summed E-state index contributed by atoms with van der Waals surface area (Å²) in [6.45, 7) is 6.73. The van der Waals surface area contributed by atoms with E-state index in [-0.39, 0.29) is 5.56 Å².